The molecule has 1 unspecified atom stereocenters. The zero-order chi connectivity index (χ0) is 50.6. The van der Waals surface area contributed by atoms with E-state index in [0.717, 1.165) is 54.7 Å². The van der Waals surface area contributed by atoms with Crippen LogP contribution in [0.15, 0.2) is 60.7 Å². The van der Waals surface area contributed by atoms with E-state index in [4.69, 9.17) is 9.47 Å². The van der Waals surface area contributed by atoms with E-state index < -0.39 is 47.5 Å². The maximum Gasteiger partial charge on any atom is 0.246 e. The summed E-state index contributed by atoms with van der Waals surface area (Å²) in [6.45, 7) is 15.7. The molecule has 1 aliphatic carbocycles. The van der Waals surface area contributed by atoms with Gasteiger partial charge in [-0.2, -0.15) is 11.8 Å². The van der Waals surface area contributed by atoms with Crippen molar-refractivity contribution in [2.75, 3.05) is 45.0 Å². The summed E-state index contributed by atoms with van der Waals surface area (Å²) in [5.41, 5.74) is 1.13. The molecule has 1 saturated carbocycles. The van der Waals surface area contributed by atoms with Gasteiger partial charge in [-0.1, -0.05) is 115 Å². The number of Topliss-reactive ketones (excluding diaryl/α,β-unsaturated/α-hetero) is 2. The minimum Gasteiger partial charge on any atom is -0.381 e. The van der Waals surface area contributed by atoms with E-state index in [1.54, 1.807) is 42.4 Å². The average Bonchev–Trinajstić information content (AvgIpc) is 3.66. The highest BCUT2D eigenvalue weighted by Crippen LogP contribution is 2.54. The number of nitrogens with one attached hydrogen (secondary N) is 4. The standard InChI is InChI=1S/C55H81N5O8S2/c1-9-35(2)50(63)58-41-25-29-70-45-32-55(6,7)49(60(45)53(41)66)52(65)59-42(38-22-16-13-17-23-38)34-68-27-19-11-10-18-26-67-33-39(37-20-14-12-15-21-37)30-43(61)47-46-44(31-54(47,4)5)69-28-24-40(48(46)62)57-51(64)36(3)56-8/h12-17,20-23,35-36,39-42,44-47,49,56H,9-11,18-19,24-34H2,1-8H3,(H,57,64)(H,58,63)(H,59,65)/t35-,36+,39-,40+,41+,42-,44+,45+,46?,47+,49-/m1/s1. The fourth-order valence-corrected chi connectivity index (χ4v) is 14.3. The van der Waals surface area contributed by atoms with Crippen LogP contribution in [0.25, 0.3) is 0 Å². The van der Waals surface area contributed by atoms with Crippen LogP contribution in [0.2, 0.25) is 0 Å². The lowest BCUT2D eigenvalue weighted by molar-refractivity contribution is -0.144. The number of amides is 4. The van der Waals surface area contributed by atoms with Gasteiger partial charge in [-0.25, -0.2) is 0 Å². The zero-order valence-corrected chi connectivity index (χ0v) is 44.6. The lowest BCUT2D eigenvalue weighted by Gasteiger charge is -2.35. The fourth-order valence-electron chi connectivity index (χ4n) is 11.0. The normalized spacial score (nSPS) is 26.7. The summed E-state index contributed by atoms with van der Waals surface area (Å²) < 4.78 is 12.5. The molecule has 4 amide bonds. The molecule has 0 bridgehead atoms. The predicted octanol–water partition coefficient (Wildman–Crippen LogP) is 7.63. The molecule has 4 aliphatic rings. The molecule has 6 rings (SSSR count). The second-order valence-electron chi connectivity index (χ2n) is 21.5. The minimum atomic E-state index is -0.698. The van der Waals surface area contributed by atoms with Crippen molar-refractivity contribution in [1.29, 1.82) is 0 Å². The maximum atomic E-state index is 14.5. The van der Waals surface area contributed by atoms with Crippen LogP contribution in [0.1, 0.15) is 136 Å². The third kappa shape index (κ3) is 14.0. The Balaban J connectivity index is 0.978. The van der Waals surface area contributed by atoms with Crippen molar-refractivity contribution in [3.05, 3.63) is 71.8 Å². The van der Waals surface area contributed by atoms with Gasteiger partial charge in [0, 0.05) is 48.6 Å². The minimum absolute atomic E-state index is 0.0105. The number of carbonyl (C=O) groups is 6. The molecule has 3 aliphatic heterocycles. The molecule has 13 nitrogen and oxygen atoms in total. The molecular formula is C55H81N5O8S2. The van der Waals surface area contributed by atoms with Crippen molar-refractivity contribution in [1.82, 2.24) is 26.2 Å². The molecule has 4 N–H and O–H groups in total. The molecule has 2 aromatic carbocycles. The van der Waals surface area contributed by atoms with Gasteiger partial charge in [-0.3, -0.25) is 28.8 Å². The molecule has 11 atom stereocenters. The maximum absolute atomic E-state index is 14.5. The number of rotatable bonds is 24. The number of likely N-dealkylation sites (N-methyl/N-ethyl adjacent to an activating group) is 1. The smallest absolute Gasteiger partial charge is 0.246 e. The fraction of sp³-hybridized carbons (Fsp3) is 0.673. The zero-order valence-electron chi connectivity index (χ0n) is 43.0. The van der Waals surface area contributed by atoms with Gasteiger partial charge in [0.25, 0.3) is 0 Å². The van der Waals surface area contributed by atoms with Crippen LogP contribution in [0.3, 0.4) is 0 Å². The number of thioether (sulfide) groups is 2. The monoisotopic (exact) mass is 1000 g/mol. The van der Waals surface area contributed by atoms with Crippen LogP contribution in [-0.2, 0) is 38.2 Å². The third-order valence-corrected chi connectivity index (χ3v) is 17.9. The molecule has 0 spiro atoms. The Kier molecular flexibility index (Phi) is 20.4. The Morgan fingerprint density at radius 2 is 1.36 bits per heavy atom. The molecule has 15 heteroatoms. The number of carbonyl (C=O) groups excluding carboxylic acids is 6. The first-order chi connectivity index (χ1) is 33.5. The second kappa shape index (κ2) is 25.8. The van der Waals surface area contributed by atoms with Crippen LogP contribution in [0.5, 0.6) is 0 Å². The van der Waals surface area contributed by atoms with Gasteiger partial charge in [-0.05, 0) is 92.4 Å². The Hall–Kier alpha value is -3.76. The number of hydrogen-bond donors (Lipinski definition) is 4. The Labute approximate surface area is 426 Å². The van der Waals surface area contributed by atoms with Crippen molar-refractivity contribution in [3.63, 3.8) is 0 Å². The van der Waals surface area contributed by atoms with Gasteiger partial charge in [0.2, 0.25) is 23.6 Å². The van der Waals surface area contributed by atoms with E-state index in [2.05, 4.69) is 35.1 Å². The van der Waals surface area contributed by atoms with Crippen LogP contribution < -0.4 is 21.3 Å². The Morgan fingerprint density at radius 3 is 2.00 bits per heavy atom. The first-order valence-electron chi connectivity index (χ1n) is 25.9. The van der Waals surface area contributed by atoms with Crippen molar-refractivity contribution >= 4 is 58.7 Å². The molecule has 2 aromatic rings. The summed E-state index contributed by atoms with van der Waals surface area (Å²) in [7, 11) is 1.72. The number of ether oxygens (including phenoxy) is 2. The van der Waals surface area contributed by atoms with Crippen LogP contribution in [0.4, 0.5) is 0 Å². The molecular weight excluding hydrogens is 923 g/mol. The first-order valence-corrected chi connectivity index (χ1v) is 28.0. The number of unbranched alkanes of at least 4 members (excludes halogenated alkanes) is 3. The lowest BCUT2D eigenvalue weighted by atomic mass is 9.72. The molecule has 3 heterocycles. The Morgan fingerprint density at radius 1 is 0.757 bits per heavy atom. The lowest BCUT2D eigenvalue weighted by Crippen LogP contribution is -2.57. The number of hydrogen-bond acceptors (Lipinski definition) is 11. The topological polar surface area (TPSA) is 172 Å². The number of nitrogens with zero attached hydrogens (tertiary/aromatic N) is 1. The number of ketones is 2. The molecule has 4 fully saturated rings. The number of benzene rings is 2. The predicted molar refractivity (Wildman–Crippen MR) is 279 cm³/mol. The molecule has 386 valence electrons. The number of fused-ring (bicyclic) bond motifs is 2. The highest BCUT2D eigenvalue weighted by Gasteiger charge is 2.57. The molecule has 3 saturated heterocycles. The van der Waals surface area contributed by atoms with Crippen LogP contribution in [0, 0.1) is 28.6 Å². The van der Waals surface area contributed by atoms with Crippen molar-refractivity contribution in [2.45, 2.75) is 159 Å². The summed E-state index contributed by atoms with van der Waals surface area (Å²) in [4.78, 5) is 84.8. The SMILES string of the molecule is CC[C@@H](C)C(=O)N[C@H]1CCS[C@H]2CC(C)(C)[C@@H](C(=O)N[C@H](COCCCCCCOC[C@@H](CC(=O)[C@H]3C4C(=O)[C@@H](NC(=O)[C@H](C)NC)CCS[C@H]4CC3(C)C)c3ccccc3)c3ccccc3)N2C1=O. The van der Waals surface area contributed by atoms with E-state index in [1.807, 2.05) is 88.4 Å². The summed E-state index contributed by atoms with van der Waals surface area (Å²) in [6.07, 6.45) is 7.10. The van der Waals surface area contributed by atoms with Crippen molar-refractivity contribution in [3.8, 4) is 0 Å². The molecule has 0 radical (unpaired) electrons. The summed E-state index contributed by atoms with van der Waals surface area (Å²) in [5, 5.41) is 12.1. The second-order valence-corrected chi connectivity index (χ2v) is 24.1. The molecule has 70 heavy (non-hydrogen) atoms. The van der Waals surface area contributed by atoms with Crippen LogP contribution in [-0.4, -0.2) is 120 Å². The van der Waals surface area contributed by atoms with E-state index in [0.29, 0.717) is 45.5 Å². The third-order valence-electron chi connectivity index (χ3n) is 15.3. The van der Waals surface area contributed by atoms with E-state index in [1.165, 1.54) is 0 Å². The van der Waals surface area contributed by atoms with E-state index in [9.17, 15) is 28.8 Å². The van der Waals surface area contributed by atoms with Crippen molar-refractivity contribution < 1.29 is 38.2 Å². The van der Waals surface area contributed by atoms with Gasteiger partial charge in [0.05, 0.1) is 36.7 Å². The van der Waals surface area contributed by atoms with Gasteiger partial charge in [0.15, 0.2) is 5.78 Å². The quantitative estimate of drug-likeness (QED) is 0.0763. The van der Waals surface area contributed by atoms with Crippen LogP contribution >= 0.6 is 23.5 Å². The van der Waals surface area contributed by atoms with Gasteiger partial charge in [0.1, 0.15) is 17.9 Å². The highest BCUT2D eigenvalue weighted by atomic mass is 32.2. The van der Waals surface area contributed by atoms with Gasteiger partial charge >= 0.3 is 0 Å². The first kappa shape index (κ1) is 55.6. The van der Waals surface area contributed by atoms with E-state index in [-0.39, 0.29) is 76.1 Å². The van der Waals surface area contributed by atoms with Crippen molar-refractivity contribution in [2.24, 2.45) is 28.6 Å². The molecule has 0 aromatic heterocycles. The highest BCUT2D eigenvalue weighted by molar-refractivity contribution is 8.00. The average molecular weight is 1000 g/mol. The van der Waals surface area contributed by atoms with Gasteiger partial charge in [-0.15, -0.1) is 11.8 Å². The Bertz CT molecular complexity index is 1930. The summed E-state index contributed by atoms with van der Waals surface area (Å²) >= 11 is 3.46. The van der Waals surface area contributed by atoms with E-state index >= 15 is 0 Å². The largest absolute Gasteiger partial charge is 0.381 e. The van der Waals surface area contributed by atoms with Gasteiger partial charge < -0.3 is 35.6 Å². The summed E-state index contributed by atoms with van der Waals surface area (Å²) in [6, 6.07) is 17.0. The summed E-state index contributed by atoms with van der Waals surface area (Å²) in [5.74, 6) is -0.408.